The van der Waals surface area contributed by atoms with E-state index in [0.717, 1.165) is 44.6 Å². The minimum Gasteiger partial charge on any atom is -0.493 e. The highest BCUT2D eigenvalue weighted by Gasteiger charge is 2.41. The van der Waals surface area contributed by atoms with E-state index in [9.17, 15) is 20.1 Å². The summed E-state index contributed by atoms with van der Waals surface area (Å²) in [5.41, 5.74) is 2.74. The van der Waals surface area contributed by atoms with Gasteiger partial charge in [-0.15, -0.1) is 5.73 Å². The number of para-hydroxylation sites is 1. The quantitative estimate of drug-likeness (QED) is 0.183. The topological polar surface area (TPSA) is 96.2 Å². The standard InChI is InChI=1S/C23H30O6/c1-28-22(25)23(26,27)21(24)16-6-5-10-18-12-9-13-19(18)11-7-8-17-29-20-14-3-2-4-15-20/h2-5,7,11,14-16,18-19,21,24,26-27H,8-10,12-13,17H2,1H3/t6?,18-,19-,21?/m0/s1. The van der Waals surface area contributed by atoms with Gasteiger partial charge in [-0.25, -0.2) is 4.79 Å². The fraction of sp³-hybridized carbons (Fsp3) is 0.478. The van der Waals surface area contributed by atoms with Gasteiger partial charge in [0.25, 0.3) is 5.79 Å². The third-order valence-electron chi connectivity index (χ3n) is 5.09. The van der Waals surface area contributed by atoms with Crippen molar-refractivity contribution in [3.05, 3.63) is 60.4 Å². The summed E-state index contributed by atoms with van der Waals surface area (Å²) in [5.74, 6) is -2.45. The van der Waals surface area contributed by atoms with Crippen LogP contribution >= 0.6 is 0 Å². The Hall–Kier alpha value is -2.37. The van der Waals surface area contributed by atoms with E-state index < -0.39 is 17.9 Å². The van der Waals surface area contributed by atoms with E-state index in [1.165, 1.54) is 6.42 Å². The normalized spacial score (nSPS) is 20.1. The fourth-order valence-electron chi connectivity index (χ4n) is 3.41. The third kappa shape index (κ3) is 7.18. The van der Waals surface area contributed by atoms with Gasteiger partial charge in [0, 0.05) is 0 Å². The van der Waals surface area contributed by atoms with Crippen molar-refractivity contribution in [2.45, 2.75) is 44.0 Å². The van der Waals surface area contributed by atoms with Crippen LogP contribution in [0.4, 0.5) is 0 Å². The van der Waals surface area contributed by atoms with Crippen molar-refractivity contribution in [1.82, 2.24) is 0 Å². The van der Waals surface area contributed by atoms with Gasteiger partial charge < -0.3 is 24.8 Å². The summed E-state index contributed by atoms with van der Waals surface area (Å²) in [4.78, 5) is 11.2. The SMILES string of the molecule is COC(=O)C(O)(O)C(O)C=C=CC[C@H]1CCC[C@@H]1C=CCCOc1ccccc1. The van der Waals surface area contributed by atoms with Crippen LogP contribution in [0.5, 0.6) is 5.75 Å². The number of hydrogen-bond acceptors (Lipinski definition) is 6. The maximum atomic E-state index is 11.2. The zero-order valence-corrected chi connectivity index (χ0v) is 16.7. The lowest BCUT2D eigenvalue weighted by Crippen LogP contribution is -2.49. The maximum absolute atomic E-state index is 11.2. The Balaban J connectivity index is 1.77. The average molecular weight is 402 g/mol. The van der Waals surface area contributed by atoms with Crippen LogP contribution in [0.25, 0.3) is 0 Å². The zero-order valence-electron chi connectivity index (χ0n) is 16.7. The van der Waals surface area contributed by atoms with Gasteiger partial charge in [0.1, 0.15) is 11.9 Å². The lowest BCUT2D eigenvalue weighted by atomic mass is 9.92. The van der Waals surface area contributed by atoms with Gasteiger partial charge in [-0.2, -0.15) is 0 Å². The molecule has 0 spiro atoms. The molecule has 3 N–H and O–H groups in total. The van der Waals surface area contributed by atoms with Crippen molar-refractivity contribution in [3.63, 3.8) is 0 Å². The van der Waals surface area contributed by atoms with Crippen molar-refractivity contribution >= 4 is 5.97 Å². The van der Waals surface area contributed by atoms with E-state index in [0.29, 0.717) is 18.4 Å². The molecule has 0 aliphatic heterocycles. The van der Waals surface area contributed by atoms with E-state index in [-0.39, 0.29) is 0 Å². The lowest BCUT2D eigenvalue weighted by Gasteiger charge is -2.21. The van der Waals surface area contributed by atoms with Crippen LogP contribution in [-0.2, 0) is 9.53 Å². The Bertz CT molecular complexity index is 718. The van der Waals surface area contributed by atoms with Crippen molar-refractivity contribution in [1.29, 1.82) is 0 Å². The van der Waals surface area contributed by atoms with Gasteiger partial charge in [-0.05, 0) is 61.8 Å². The van der Waals surface area contributed by atoms with Gasteiger partial charge >= 0.3 is 5.97 Å². The number of esters is 1. The van der Waals surface area contributed by atoms with Crippen LogP contribution in [0.15, 0.2) is 60.4 Å². The van der Waals surface area contributed by atoms with Gasteiger partial charge in [0.05, 0.1) is 13.7 Å². The molecule has 29 heavy (non-hydrogen) atoms. The second kappa shape index (κ2) is 11.6. The number of carbonyl (C=O) groups is 1. The van der Waals surface area contributed by atoms with Crippen molar-refractivity contribution in [3.8, 4) is 5.75 Å². The van der Waals surface area contributed by atoms with E-state index in [4.69, 9.17) is 4.74 Å². The first-order chi connectivity index (χ1) is 13.9. The van der Waals surface area contributed by atoms with Crippen LogP contribution < -0.4 is 4.74 Å². The molecule has 0 heterocycles. The van der Waals surface area contributed by atoms with Crippen LogP contribution in [-0.4, -0.2) is 46.9 Å². The molecule has 0 radical (unpaired) electrons. The number of rotatable bonds is 10. The van der Waals surface area contributed by atoms with E-state index in [1.54, 1.807) is 6.08 Å². The molecule has 1 aliphatic rings. The summed E-state index contributed by atoms with van der Waals surface area (Å²) in [6.45, 7) is 0.642. The first-order valence-electron chi connectivity index (χ1n) is 9.92. The highest BCUT2D eigenvalue weighted by Crippen LogP contribution is 2.35. The first kappa shape index (κ1) is 22.9. The molecular formula is C23H30O6. The second-order valence-electron chi connectivity index (χ2n) is 7.17. The summed E-state index contributed by atoms with van der Waals surface area (Å²) in [5, 5.41) is 28.8. The van der Waals surface area contributed by atoms with Gasteiger partial charge in [-0.1, -0.05) is 36.8 Å². The Morgan fingerprint density at radius 3 is 2.79 bits per heavy atom. The van der Waals surface area contributed by atoms with E-state index in [1.807, 2.05) is 30.3 Å². The molecule has 0 bridgehead atoms. The van der Waals surface area contributed by atoms with Crippen molar-refractivity contribution in [2.75, 3.05) is 13.7 Å². The molecule has 2 rings (SSSR count). The number of carbonyl (C=O) groups excluding carboxylic acids is 1. The summed E-state index contributed by atoms with van der Waals surface area (Å²) < 4.78 is 9.93. The van der Waals surface area contributed by atoms with E-state index in [2.05, 4.69) is 22.6 Å². The molecule has 0 amide bonds. The van der Waals surface area contributed by atoms with Gasteiger partial charge in [0.15, 0.2) is 0 Å². The van der Waals surface area contributed by atoms with Crippen LogP contribution in [0, 0.1) is 11.8 Å². The molecule has 1 aromatic rings. The predicted molar refractivity (Wildman–Crippen MR) is 109 cm³/mol. The van der Waals surface area contributed by atoms with Crippen LogP contribution in [0.3, 0.4) is 0 Å². The molecule has 1 aliphatic carbocycles. The molecule has 0 aromatic heterocycles. The summed E-state index contributed by atoms with van der Waals surface area (Å²) >= 11 is 0. The Morgan fingerprint density at radius 2 is 2.07 bits per heavy atom. The fourth-order valence-corrected chi connectivity index (χ4v) is 3.41. The summed E-state index contributed by atoms with van der Waals surface area (Å²) in [6, 6.07) is 9.74. The number of hydrogen-bond donors (Lipinski definition) is 3. The predicted octanol–water partition coefficient (Wildman–Crippen LogP) is 2.74. The van der Waals surface area contributed by atoms with Crippen molar-refractivity contribution in [2.24, 2.45) is 11.8 Å². The Labute approximate surface area is 171 Å². The van der Waals surface area contributed by atoms with Crippen molar-refractivity contribution < 1.29 is 29.6 Å². The molecule has 1 unspecified atom stereocenters. The highest BCUT2D eigenvalue weighted by atomic mass is 16.6. The number of aliphatic hydroxyl groups excluding tert-OH is 1. The molecule has 6 nitrogen and oxygen atoms in total. The van der Waals surface area contributed by atoms with Gasteiger partial charge in [0.2, 0.25) is 0 Å². The highest BCUT2D eigenvalue weighted by molar-refractivity contribution is 5.78. The molecule has 6 heteroatoms. The summed E-state index contributed by atoms with van der Waals surface area (Å²) in [6.07, 6.45) is 10.4. The Morgan fingerprint density at radius 1 is 1.31 bits per heavy atom. The average Bonchev–Trinajstić information content (AvgIpc) is 3.18. The minimum atomic E-state index is -2.98. The number of allylic oxidation sites excluding steroid dienone is 1. The second-order valence-corrected chi connectivity index (χ2v) is 7.17. The Kier molecular flexibility index (Phi) is 9.16. The molecule has 3 atom stereocenters. The molecule has 158 valence electrons. The van der Waals surface area contributed by atoms with Crippen LogP contribution in [0.2, 0.25) is 0 Å². The van der Waals surface area contributed by atoms with E-state index >= 15 is 0 Å². The number of methoxy groups -OCH3 is 1. The number of ether oxygens (including phenoxy) is 2. The molecular weight excluding hydrogens is 372 g/mol. The van der Waals surface area contributed by atoms with Gasteiger partial charge in [-0.3, -0.25) is 0 Å². The summed E-state index contributed by atoms with van der Waals surface area (Å²) in [7, 11) is 1.01. The molecule has 1 aromatic carbocycles. The van der Waals surface area contributed by atoms with Crippen LogP contribution in [0.1, 0.15) is 32.1 Å². The maximum Gasteiger partial charge on any atom is 0.369 e. The first-order valence-corrected chi connectivity index (χ1v) is 9.92. The molecule has 1 saturated carbocycles. The minimum absolute atomic E-state index is 0.480. The molecule has 1 fully saturated rings. The largest absolute Gasteiger partial charge is 0.493 e. The monoisotopic (exact) mass is 402 g/mol. The third-order valence-corrected chi connectivity index (χ3v) is 5.09. The number of aliphatic hydroxyl groups is 3. The lowest BCUT2D eigenvalue weighted by molar-refractivity contribution is -0.230. The smallest absolute Gasteiger partial charge is 0.369 e. The molecule has 0 saturated heterocycles. The zero-order chi connectivity index (χ0) is 21.1. The number of benzene rings is 1.